The van der Waals surface area contributed by atoms with Crippen molar-refractivity contribution in [2.24, 2.45) is 0 Å². The van der Waals surface area contributed by atoms with Crippen LogP contribution in [0, 0.1) is 0 Å². The number of nitrogens with zero attached hydrogens (tertiary/aromatic N) is 1. The Morgan fingerprint density at radius 1 is 1.00 bits per heavy atom. The molecular formula is C23H18F3N3O3S2. The Kier molecular flexibility index (Phi) is 6.69. The first kappa shape index (κ1) is 23.9. The number of hydrogen-bond donors (Lipinski definition) is 2. The minimum atomic E-state index is -4.52. The molecular weight excluding hydrogens is 487 g/mol. The van der Waals surface area contributed by atoms with Crippen LogP contribution in [-0.4, -0.2) is 19.3 Å². The molecule has 6 nitrogen and oxygen atoms in total. The lowest BCUT2D eigenvalue weighted by Gasteiger charge is -2.13. The zero-order chi connectivity index (χ0) is 24.3. The van der Waals surface area contributed by atoms with Gasteiger partial charge in [0.15, 0.2) is 0 Å². The summed E-state index contributed by atoms with van der Waals surface area (Å²) in [6, 6.07) is 14.5. The third-order valence-corrected chi connectivity index (χ3v) is 7.94. The van der Waals surface area contributed by atoms with Crippen LogP contribution in [0.5, 0.6) is 0 Å². The second kappa shape index (κ2) is 9.53. The summed E-state index contributed by atoms with van der Waals surface area (Å²) >= 11 is 1.10. The van der Waals surface area contributed by atoms with Crippen molar-refractivity contribution < 1.29 is 26.4 Å². The minimum Gasteiger partial charge on any atom is -0.348 e. The molecule has 0 aliphatic heterocycles. The van der Waals surface area contributed by atoms with E-state index in [0.29, 0.717) is 5.56 Å². The number of halogens is 3. The maximum absolute atomic E-state index is 13.1. The lowest BCUT2D eigenvalue weighted by molar-refractivity contribution is -0.138. The first-order valence-corrected chi connectivity index (χ1v) is 12.3. The predicted molar refractivity (Wildman–Crippen MR) is 123 cm³/mol. The van der Waals surface area contributed by atoms with Gasteiger partial charge in [0, 0.05) is 31.0 Å². The molecule has 4 rings (SSSR count). The minimum absolute atomic E-state index is 0.0502. The molecule has 2 heterocycles. The number of hydrogen-bond acceptors (Lipinski definition) is 5. The van der Waals surface area contributed by atoms with Gasteiger partial charge in [-0.3, -0.25) is 9.78 Å². The molecule has 176 valence electrons. The smallest absolute Gasteiger partial charge is 0.348 e. The van der Waals surface area contributed by atoms with Crippen LogP contribution in [0.1, 0.15) is 27.0 Å². The van der Waals surface area contributed by atoms with Crippen LogP contribution in [0.3, 0.4) is 0 Å². The van der Waals surface area contributed by atoms with Crippen molar-refractivity contribution >= 4 is 37.4 Å². The first-order valence-electron chi connectivity index (χ1n) is 9.99. The standard InChI is InChI=1S/C23H18F3N3O3S2/c24-23(25,26)19-7-2-1-5-18(19)13-28-22(30)17-6-3-4-15(10-17)12-29-34(31,32)21-11-16-8-9-27-14-20(16)33-21/h1-11,14,29H,12-13H2,(H,28,30). The normalized spacial score (nSPS) is 12.1. The van der Waals surface area contributed by atoms with Gasteiger partial charge in [-0.1, -0.05) is 30.3 Å². The number of rotatable bonds is 7. The van der Waals surface area contributed by atoms with Gasteiger partial charge in [-0.05, 0) is 46.8 Å². The van der Waals surface area contributed by atoms with Crippen molar-refractivity contribution in [2.75, 3.05) is 0 Å². The van der Waals surface area contributed by atoms with Gasteiger partial charge in [0.25, 0.3) is 5.91 Å². The fourth-order valence-corrected chi connectivity index (χ4v) is 5.72. The quantitative estimate of drug-likeness (QED) is 0.380. The van der Waals surface area contributed by atoms with Crippen molar-refractivity contribution in [1.82, 2.24) is 15.0 Å². The molecule has 0 saturated heterocycles. The van der Waals surface area contributed by atoms with Crippen molar-refractivity contribution in [2.45, 2.75) is 23.5 Å². The Hall–Kier alpha value is -3.28. The van der Waals surface area contributed by atoms with E-state index >= 15 is 0 Å². The lowest BCUT2D eigenvalue weighted by atomic mass is 10.1. The van der Waals surface area contributed by atoms with Crippen LogP contribution in [0.2, 0.25) is 0 Å². The molecule has 0 aliphatic rings. The van der Waals surface area contributed by atoms with E-state index in [9.17, 15) is 26.4 Å². The third kappa shape index (κ3) is 5.44. The van der Waals surface area contributed by atoms with Crippen molar-refractivity contribution in [3.05, 3.63) is 95.3 Å². The maximum atomic E-state index is 13.1. The molecule has 11 heteroatoms. The summed E-state index contributed by atoms with van der Waals surface area (Å²) in [5, 5.41) is 3.26. The summed E-state index contributed by atoms with van der Waals surface area (Å²) < 4.78 is 68.2. The van der Waals surface area contributed by atoms with E-state index in [2.05, 4.69) is 15.0 Å². The SMILES string of the molecule is O=C(NCc1ccccc1C(F)(F)F)c1cccc(CNS(=O)(=O)c2cc3ccncc3s2)c1. The fraction of sp³-hybridized carbons (Fsp3) is 0.130. The number of carbonyl (C=O) groups is 1. The molecule has 0 unspecified atom stereocenters. The van der Waals surface area contributed by atoms with Crippen molar-refractivity contribution in [1.29, 1.82) is 0 Å². The summed E-state index contributed by atoms with van der Waals surface area (Å²) in [4.78, 5) is 16.5. The lowest BCUT2D eigenvalue weighted by Crippen LogP contribution is -2.25. The third-order valence-electron chi connectivity index (χ3n) is 4.98. The van der Waals surface area contributed by atoms with Gasteiger partial charge in [0.2, 0.25) is 10.0 Å². The van der Waals surface area contributed by atoms with Crippen molar-refractivity contribution in [3.63, 3.8) is 0 Å². The summed E-state index contributed by atoms with van der Waals surface area (Å²) in [7, 11) is -3.78. The highest BCUT2D eigenvalue weighted by Crippen LogP contribution is 2.32. The largest absolute Gasteiger partial charge is 0.416 e. The zero-order valence-corrected chi connectivity index (χ0v) is 19.1. The number of benzene rings is 2. The number of carbonyl (C=O) groups excluding carboxylic acids is 1. The number of fused-ring (bicyclic) bond motifs is 1. The molecule has 0 aliphatic carbocycles. The highest BCUT2D eigenvalue weighted by Gasteiger charge is 2.32. The number of sulfonamides is 1. The monoisotopic (exact) mass is 505 g/mol. The second-order valence-electron chi connectivity index (χ2n) is 7.34. The summed E-state index contributed by atoms with van der Waals surface area (Å²) in [6.07, 6.45) is -1.35. The number of pyridine rings is 1. The Morgan fingerprint density at radius 2 is 1.79 bits per heavy atom. The molecule has 0 saturated carbocycles. The molecule has 2 N–H and O–H groups in total. The molecule has 0 fully saturated rings. The van der Waals surface area contributed by atoms with Crippen LogP contribution in [0.25, 0.3) is 10.1 Å². The molecule has 0 atom stereocenters. The van der Waals surface area contributed by atoms with E-state index in [1.807, 2.05) is 0 Å². The van der Waals surface area contributed by atoms with E-state index in [0.717, 1.165) is 27.5 Å². The molecule has 1 amide bonds. The molecule has 2 aromatic heterocycles. The van der Waals surface area contributed by atoms with Gasteiger partial charge in [-0.2, -0.15) is 13.2 Å². The second-order valence-corrected chi connectivity index (χ2v) is 10.4. The maximum Gasteiger partial charge on any atom is 0.416 e. The Morgan fingerprint density at radius 3 is 2.56 bits per heavy atom. The Labute approximate surface area is 197 Å². The highest BCUT2D eigenvalue weighted by atomic mass is 32.2. The summed E-state index contributed by atoms with van der Waals surface area (Å²) in [5.74, 6) is -0.571. The molecule has 34 heavy (non-hydrogen) atoms. The molecule has 0 bridgehead atoms. The van der Waals surface area contributed by atoms with Crippen LogP contribution >= 0.6 is 11.3 Å². The zero-order valence-electron chi connectivity index (χ0n) is 17.5. The van der Waals surface area contributed by atoms with Crippen LogP contribution < -0.4 is 10.0 Å². The van der Waals surface area contributed by atoms with Gasteiger partial charge >= 0.3 is 6.18 Å². The number of alkyl halides is 3. The Balaban J connectivity index is 1.42. The van der Waals surface area contributed by atoms with E-state index < -0.39 is 27.7 Å². The average Bonchev–Trinajstić information content (AvgIpc) is 3.27. The van der Waals surface area contributed by atoms with Gasteiger partial charge in [0.1, 0.15) is 4.21 Å². The van der Waals surface area contributed by atoms with E-state index in [1.54, 1.807) is 36.7 Å². The first-order chi connectivity index (χ1) is 16.1. The highest BCUT2D eigenvalue weighted by molar-refractivity contribution is 7.91. The number of nitrogens with one attached hydrogen (secondary N) is 2. The molecule has 0 radical (unpaired) electrons. The molecule has 4 aromatic rings. The van der Waals surface area contributed by atoms with Crippen LogP contribution in [0.15, 0.2) is 77.3 Å². The topological polar surface area (TPSA) is 88.2 Å². The fourth-order valence-electron chi connectivity index (χ4n) is 3.29. The summed E-state index contributed by atoms with van der Waals surface area (Å²) in [6.45, 7) is -0.362. The average molecular weight is 506 g/mol. The van der Waals surface area contributed by atoms with Gasteiger partial charge in [0.05, 0.1) is 10.3 Å². The van der Waals surface area contributed by atoms with Crippen LogP contribution in [0.4, 0.5) is 13.2 Å². The molecule has 2 aromatic carbocycles. The van der Waals surface area contributed by atoms with Gasteiger partial charge in [-0.15, -0.1) is 11.3 Å². The Bertz CT molecular complexity index is 1420. The summed E-state index contributed by atoms with van der Waals surface area (Å²) in [5.41, 5.74) is -0.134. The van der Waals surface area contributed by atoms with Crippen molar-refractivity contribution in [3.8, 4) is 0 Å². The predicted octanol–water partition coefficient (Wildman–Crippen LogP) is 4.72. The van der Waals surface area contributed by atoms with Crippen LogP contribution in [-0.2, 0) is 29.3 Å². The number of aromatic nitrogens is 1. The van der Waals surface area contributed by atoms with E-state index in [1.165, 1.54) is 30.3 Å². The van der Waals surface area contributed by atoms with E-state index in [-0.39, 0.29) is 28.4 Å². The van der Waals surface area contributed by atoms with E-state index in [4.69, 9.17) is 0 Å². The number of amides is 1. The van der Waals surface area contributed by atoms with Gasteiger partial charge in [-0.25, -0.2) is 13.1 Å². The van der Waals surface area contributed by atoms with Gasteiger partial charge < -0.3 is 5.32 Å². The number of thiophene rings is 1. The molecule has 0 spiro atoms.